The van der Waals surface area contributed by atoms with Gasteiger partial charge in [-0.2, -0.15) is 0 Å². The summed E-state index contributed by atoms with van der Waals surface area (Å²) in [5.74, 6) is 0. The van der Waals surface area contributed by atoms with E-state index in [1.165, 1.54) is 81.0 Å². The van der Waals surface area contributed by atoms with Gasteiger partial charge in [-0.3, -0.25) is 0 Å². The summed E-state index contributed by atoms with van der Waals surface area (Å²) in [6.45, 7) is 9.37. The van der Waals surface area contributed by atoms with Gasteiger partial charge in [0.2, 0.25) is 0 Å². The number of nitrogens with two attached hydrogens (primary N) is 1. The first kappa shape index (κ1) is 32.5. The summed E-state index contributed by atoms with van der Waals surface area (Å²) in [7, 11) is -2.64. The van der Waals surface area contributed by atoms with Crippen LogP contribution in [-0.2, 0) is 4.43 Å². The lowest BCUT2D eigenvalue weighted by Crippen LogP contribution is -2.67. The van der Waals surface area contributed by atoms with Crippen molar-refractivity contribution in [3.63, 3.8) is 0 Å². The molecule has 0 aliphatic heterocycles. The van der Waals surface area contributed by atoms with E-state index in [-0.39, 0.29) is 5.04 Å². The van der Waals surface area contributed by atoms with Crippen molar-refractivity contribution in [1.82, 2.24) is 0 Å². The van der Waals surface area contributed by atoms with Gasteiger partial charge in [0, 0.05) is 0 Å². The molecule has 212 valence electrons. The molecule has 0 amide bonds. The van der Waals surface area contributed by atoms with Crippen LogP contribution in [0.2, 0.25) is 5.04 Å². The second-order valence-corrected chi connectivity index (χ2v) is 16.2. The number of unbranched alkanes of at least 4 members (excludes halogenated alkanes) is 11. The second-order valence-electron chi connectivity index (χ2n) is 11.9. The topological polar surface area (TPSA) is 55.5 Å². The van der Waals surface area contributed by atoms with Gasteiger partial charge in [-0.1, -0.05) is 165 Å². The van der Waals surface area contributed by atoms with Crippen LogP contribution < -0.4 is 16.1 Å². The van der Waals surface area contributed by atoms with Crippen molar-refractivity contribution in [2.75, 3.05) is 6.61 Å². The minimum absolute atomic E-state index is 0.106. The monoisotopic (exact) mass is 537 g/mol. The zero-order chi connectivity index (χ0) is 27.7. The lowest BCUT2D eigenvalue weighted by atomic mass is 10.0. The molecule has 0 radical (unpaired) electrons. The molecule has 0 bridgehead atoms. The van der Waals surface area contributed by atoms with Crippen molar-refractivity contribution in [1.29, 1.82) is 0 Å². The van der Waals surface area contributed by atoms with Gasteiger partial charge in [-0.15, -0.1) is 0 Å². The van der Waals surface area contributed by atoms with Gasteiger partial charge in [0.05, 0.1) is 18.8 Å². The first-order chi connectivity index (χ1) is 18.3. The Labute approximate surface area is 235 Å². The fraction of sp³-hybridized carbons (Fsp3) is 0.588. The Morgan fingerprint density at radius 3 is 1.66 bits per heavy atom. The minimum Gasteiger partial charge on any atom is -0.406 e. The Kier molecular flexibility index (Phi) is 15.2. The molecule has 3 N–H and O–H groups in total. The molecule has 38 heavy (non-hydrogen) atoms. The molecule has 0 heterocycles. The quantitative estimate of drug-likeness (QED) is 0.111. The van der Waals surface area contributed by atoms with E-state index in [9.17, 15) is 5.11 Å². The number of aliphatic hydroxyl groups is 1. The van der Waals surface area contributed by atoms with Crippen molar-refractivity contribution < 1.29 is 9.53 Å². The predicted octanol–water partition coefficient (Wildman–Crippen LogP) is 7.51. The minimum atomic E-state index is -2.64. The highest BCUT2D eigenvalue weighted by molar-refractivity contribution is 6.99. The third-order valence-electron chi connectivity index (χ3n) is 7.66. The summed E-state index contributed by atoms with van der Waals surface area (Å²) < 4.78 is 6.89. The second kappa shape index (κ2) is 17.8. The van der Waals surface area contributed by atoms with E-state index in [0.29, 0.717) is 6.61 Å². The molecule has 2 aromatic carbocycles. The maximum atomic E-state index is 10.8. The molecule has 0 spiro atoms. The van der Waals surface area contributed by atoms with E-state index in [1.807, 2.05) is 18.2 Å². The van der Waals surface area contributed by atoms with Crippen LogP contribution in [0.3, 0.4) is 0 Å². The molecule has 0 fully saturated rings. The zero-order valence-corrected chi connectivity index (χ0v) is 25.7. The highest BCUT2D eigenvalue weighted by Gasteiger charge is 2.50. The number of benzene rings is 2. The molecule has 2 aromatic rings. The van der Waals surface area contributed by atoms with Crippen LogP contribution in [0.15, 0.2) is 72.8 Å². The third kappa shape index (κ3) is 10.4. The highest BCUT2D eigenvalue weighted by Crippen LogP contribution is 2.36. The number of rotatable bonds is 19. The van der Waals surface area contributed by atoms with Crippen molar-refractivity contribution >= 4 is 18.7 Å². The molecule has 0 saturated heterocycles. The summed E-state index contributed by atoms with van der Waals surface area (Å²) in [6.07, 6.45) is 19.1. The Morgan fingerprint density at radius 1 is 0.763 bits per heavy atom. The van der Waals surface area contributed by atoms with Crippen LogP contribution >= 0.6 is 0 Å². The van der Waals surface area contributed by atoms with E-state index < -0.39 is 20.5 Å². The van der Waals surface area contributed by atoms with Crippen molar-refractivity contribution in [3.8, 4) is 0 Å². The van der Waals surface area contributed by atoms with Crippen LogP contribution in [0.25, 0.3) is 0 Å². The summed E-state index contributed by atoms with van der Waals surface area (Å²) in [6, 6.07) is 20.7. The summed E-state index contributed by atoms with van der Waals surface area (Å²) in [5.41, 5.74) is 6.47. The van der Waals surface area contributed by atoms with Gasteiger partial charge in [0.15, 0.2) is 0 Å². The van der Waals surface area contributed by atoms with Crippen LogP contribution in [-0.4, -0.2) is 32.2 Å². The zero-order valence-electron chi connectivity index (χ0n) is 24.7. The fourth-order valence-corrected chi connectivity index (χ4v) is 9.98. The van der Waals surface area contributed by atoms with E-state index >= 15 is 0 Å². The van der Waals surface area contributed by atoms with Crippen molar-refractivity contribution in [2.45, 2.75) is 122 Å². The van der Waals surface area contributed by atoms with Gasteiger partial charge in [-0.25, -0.2) is 0 Å². The normalized spacial score (nSPS) is 14.2. The molecule has 2 atom stereocenters. The Hall–Kier alpha value is -1.72. The summed E-state index contributed by atoms with van der Waals surface area (Å²) in [5, 5.41) is 13.1. The number of allylic oxidation sites excluding steroid dienone is 1. The first-order valence-corrected chi connectivity index (χ1v) is 17.1. The fourth-order valence-electron chi connectivity index (χ4n) is 5.39. The standard InChI is InChI=1S/C34H55NO2Si/c1-5-6-7-8-9-10-11-12-13-14-15-16-23-28-33(36)32(35)29-37-38(34(2,3)4,30-24-19-17-20-25-30)31-26-21-18-22-27-31/h17-28,32-33,36H,5-16,29,35H2,1-4H3/t32-,33+/m0/s1. The third-order valence-corrected chi connectivity index (χ3v) is 12.7. The van der Waals surface area contributed by atoms with Crippen LogP contribution in [0.5, 0.6) is 0 Å². The first-order valence-electron chi connectivity index (χ1n) is 15.2. The summed E-state index contributed by atoms with van der Waals surface area (Å²) >= 11 is 0. The van der Waals surface area contributed by atoms with E-state index in [4.69, 9.17) is 10.2 Å². The van der Waals surface area contributed by atoms with E-state index in [1.54, 1.807) is 0 Å². The smallest absolute Gasteiger partial charge is 0.261 e. The van der Waals surface area contributed by atoms with Gasteiger partial charge in [-0.05, 0) is 28.3 Å². The predicted molar refractivity (Wildman–Crippen MR) is 168 cm³/mol. The van der Waals surface area contributed by atoms with Gasteiger partial charge in [0.1, 0.15) is 0 Å². The Bertz CT molecular complexity index is 839. The molecule has 0 unspecified atom stereocenters. The number of hydrogen-bond donors (Lipinski definition) is 2. The maximum absolute atomic E-state index is 10.8. The number of aliphatic hydroxyl groups excluding tert-OH is 1. The van der Waals surface area contributed by atoms with E-state index in [0.717, 1.165) is 6.42 Å². The molecule has 0 saturated carbocycles. The molecule has 4 heteroatoms. The molecule has 0 aliphatic rings. The molecular formula is C34H55NO2Si. The maximum Gasteiger partial charge on any atom is 0.261 e. The molecule has 3 nitrogen and oxygen atoms in total. The highest BCUT2D eigenvalue weighted by atomic mass is 28.4. The number of hydrogen-bond acceptors (Lipinski definition) is 3. The summed E-state index contributed by atoms with van der Waals surface area (Å²) in [4.78, 5) is 0. The average molecular weight is 538 g/mol. The molecule has 0 aliphatic carbocycles. The Morgan fingerprint density at radius 2 is 1.21 bits per heavy atom. The lowest BCUT2D eigenvalue weighted by Gasteiger charge is -2.43. The molecule has 0 aromatic heterocycles. The van der Waals surface area contributed by atoms with Gasteiger partial charge >= 0.3 is 0 Å². The Balaban J connectivity index is 1.83. The van der Waals surface area contributed by atoms with E-state index in [2.05, 4.69) is 82.3 Å². The van der Waals surface area contributed by atoms with Crippen LogP contribution in [0, 0.1) is 0 Å². The largest absolute Gasteiger partial charge is 0.406 e. The van der Waals surface area contributed by atoms with Crippen LogP contribution in [0.1, 0.15) is 105 Å². The van der Waals surface area contributed by atoms with Gasteiger partial charge in [0.25, 0.3) is 8.32 Å². The SMILES string of the molecule is CCCCCCCCCCCCCC=C[C@@H](O)[C@@H](N)CO[Si](c1ccccc1)(c1ccccc1)C(C)(C)C. The average Bonchev–Trinajstić information content (AvgIpc) is 2.92. The van der Waals surface area contributed by atoms with Crippen LogP contribution in [0.4, 0.5) is 0 Å². The molecular weight excluding hydrogens is 482 g/mol. The van der Waals surface area contributed by atoms with Gasteiger partial charge < -0.3 is 15.3 Å². The lowest BCUT2D eigenvalue weighted by molar-refractivity contribution is 0.148. The molecule has 2 rings (SSSR count). The van der Waals surface area contributed by atoms with Crippen molar-refractivity contribution in [2.24, 2.45) is 5.73 Å². The van der Waals surface area contributed by atoms with Crippen molar-refractivity contribution in [3.05, 3.63) is 72.8 Å².